The topological polar surface area (TPSA) is 63.4 Å². The van der Waals surface area contributed by atoms with Gasteiger partial charge in [-0.2, -0.15) is 0 Å². The van der Waals surface area contributed by atoms with E-state index in [-0.39, 0.29) is 10.6 Å². The quantitative estimate of drug-likeness (QED) is 0.505. The van der Waals surface area contributed by atoms with Crippen molar-refractivity contribution in [1.82, 2.24) is 0 Å². The first kappa shape index (κ1) is 13.8. The fourth-order valence-corrected chi connectivity index (χ4v) is 4.71. The van der Waals surface area contributed by atoms with Gasteiger partial charge in [-0.25, -0.2) is 0 Å². The van der Waals surface area contributed by atoms with Crippen molar-refractivity contribution < 1.29 is 10.0 Å². The molecule has 18 heavy (non-hydrogen) atoms. The molecule has 1 aromatic rings. The van der Waals surface area contributed by atoms with Gasteiger partial charge in [0.15, 0.2) is 0 Å². The summed E-state index contributed by atoms with van der Waals surface area (Å²) in [4.78, 5) is 11.3. The van der Waals surface area contributed by atoms with Gasteiger partial charge in [-0.3, -0.25) is 10.1 Å². The van der Waals surface area contributed by atoms with Crippen LogP contribution in [0, 0.1) is 16.0 Å². The molecule has 4 nitrogen and oxygen atoms in total. The maximum absolute atomic E-state index is 11.0. The summed E-state index contributed by atoms with van der Waals surface area (Å²) < 4.78 is 0.739. The van der Waals surface area contributed by atoms with Gasteiger partial charge in [0, 0.05) is 16.7 Å². The number of nitro groups is 1. The van der Waals surface area contributed by atoms with Crippen molar-refractivity contribution in [2.75, 3.05) is 5.75 Å². The lowest BCUT2D eigenvalue weighted by Crippen LogP contribution is -1.96. The highest BCUT2D eigenvalue weighted by Gasteiger charge is 2.23. The molecule has 1 fully saturated rings. The third kappa shape index (κ3) is 3.24. The van der Waals surface area contributed by atoms with Crippen LogP contribution in [0.15, 0.2) is 10.3 Å². The zero-order valence-corrected chi connectivity index (χ0v) is 11.9. The van der Waals surface area contributed by atoms with Crippen molar-refractivity contribution in [2.45, 2.75) is 42.9 Å². The minimum atomic E-state index is -0.630. The Bertz CT molecular complexity index is 425. The van der Waals surface area contributed by atoms with Gasteiger partial charge in [-0.1, -0.05) is 12.8 Å². The fraction of sp³-hybridized carbons (Fsp3) is 0.667. The number of hydrogen-bond acceptors (Lipinski definition) is 5. The first-order chi connectivity index (χ1) is 8.58. The fourth-order valence-electron chi connectivity index (χ4n) is 2.19. The highest BCUT2D eigenvalue weighted by atomic mass is 32.2. The van der Waals surface area contributed by atoms with Crippen LogP contribution in [0.5, 0.6) is 0 Å². The molecule has 0 bridgehead atoms. The molecule has 1 saturated carbocycles. The van der Waals surface area contributed by atoms with Crippen molar-refractivity contribution in [1.29, 1.82) is 0 Å². The minimum absolute atomic E-state index is 0.152. The van der Waals surface area contributed by atoms with Gasteiger partial charge in [-0.05, 0) is 25.7 Å². The Morgan fingerprint density at radius 1 is 1.61 bits per heavy atom. The van der Waals surface area contributed by atoms with Gasteiger partial charge >= 0.3 is 0 Å². The first-order valence-corrected chi connectivity index (χ1v) is 7.97. The van der Waals surface area contributed by atoms with E-state index in [1.165, 1.54) is 43.1 Å². The van der Waals surface area contributed by atoms with Crippen LogP contribution in [-0.4, -0.2) is 15.8 Å². The molecule has 2 rings (SSSR count). The second kappa shape index (κ2) is 6.04. The largest absolute Gasteiger partial charge is 0.388 e. The molecule has 0 spiro atoms. The monoisotopic (exact) mass is 287 g/mol. The molecule has 6 heteroatoms. The molecule has 0 aromatic carbocycles. The molecular weight excluding hydrogens is 270 g/mol. The van der Waals surface area contributed by atoms with Gasteiger partial charge in [-0.15, -0.1) is 23.1 Å². The lowest BCUT2D eigenvalue weighted by molar-refractivity contribution is -0.387. The predicted molar refractivity (Wildman–Crippen MR) is 74.3 cm³/mol. The molecule has 1 N–H and O–H groups in total. The molecular formula is C12H17NO3S2. The molecule has 0 aliphatic heterocycles. The maximum Gasteiger partial charge on any atom is 0.294 e. The Morgan fingerprint density at radius 3 is 2.83 bits per heavy atom. The summed E-state index contributed by atoms with van der Waals surface area (Å²) in [5, 5.41) is 20.5. The first-order valence-electron chi connectivity index (χ1n) is 6.17. The summed E-state index contributed by atoms with van der Waals surface area (Å²) in [6.07, 6.45) is 4.44. The summed E-state index contributed by atoms with van der Waals surface area (Å²) in [6, 6.07) is 1.51. The normalized spacial score (nSPS) is 18.1. The Hall–Kier alpha value is -0.590. The summed E-state index contributed by atoms with van der Waals surface area (Å²) in [5.41, 5.74) is 0.152. The zero-order chi connectivity index (χ0) is 13.1. The Labute approximate surface area is 115 Å². The highest BCUT2D eigenvalue weighted by Crippen LogP contribution is 2.41. The second-order valence-electron chi connectivity index (χ2n) is 4.72. The summed E-state index contributed by atoms with van der Waals surface area (Å²) in [6.45, 7) is 1.64. The third-order valence-corrected chi connectivity index (χ3v) is 6.03. The lowest BCUT2D eigenvalue weighted by Gasteiger charge is -2.06. The third-order valence-electron chi connectivity index (χ3n) is 3.23. The molecule has 1 heterocycles. The zero-order valence-electron chi connectivity index (χ0n) is 10.3. The van der Waals surface area contributed by atoms with E-state index in [1.807, 2.05) is 0 Å². The van der Waals surface area contributed by atoms with E-state index in [0.717, 1.165) is 9.96 Å². The van der Waals surface area contributed by atoms with Gasteiger partial charge in [0.05, 0.1) is 11.0 Å². The molecule has 1 aliphatic rings. The highest BCUT2D eigenvalue weighted by molar-refractivity contribution is 8.01. The SMILES string of the molecule is C[C@@H](O)c1cc([N+](=O)[O-])c(SCC2CCCC2)s1. The van der Waals surface area contributed by atoms with E-state index in [1.54, 1.807) is 18.7 Å². The maximum atomic E-state index is 11.0. The van der Waals surface area contributed by atoms with Crippen LogP contribution >= 0.6 is 23.1 Å². The van der Waals surface area contributed by atoms with Crippen LogP contribution in [0.4, 0.5) is 5.69 Å². The van der Waals surface area contributed by atoms with E-state index < -0.39 is 6.10 Å². The smallest absolute Gasteiger partial charge is 0.294 e. The number of hydrogen-bond donors (Lipinski definition) is 1. The van der Waals surface area contributed by atoms with E-state index >= 15 is 0 Å². The number of rotatable bonds is 5. The van der Waals surface area contributed by atoms with Crippen LogP contribution in [0.3, 0.4) is 0 Å². The molecule has 1 atom stereocenters. The van der Waals surface area contributed by atoms with Crippen molar-refractivity contribution >= 4 is 28.8 Å². The molecule has 0 amide bonds. The van der Waals surface area contributed by atoms with Crippen LogP contribution in [0.1, 0.15) is 43.6 Å². The van der Waals surface area contributed by atoms with E-state index in [0.29, 0.717) is 10.8 Å². The molecule has 100 valence electrons. The number of aliphatic hydroxyl groups excluding tert-OH is 1. The van der Waals surface area contributed by atoms with Gasteiger partial charge in [0.25, 0.3) is 5.69 Å². The summed E-state index contributed by atoms with van der Waals surface area (Å²) in [5.74, 6) is 1.66. The Balaban J connectivity index is 2.07. The number of aliphatic hydroxyl groups is 1. The van der Waals surface area contributed by atoms with Crippen molar-refractivity contribution in [3.05, 3.63) is 21.1 Å². The van der Waals surface area contributed by atoms with Crippen molar-refractivity contribution in [3.8, 4) is 0 Å². The standard InChI is InChI=1S/C12H17NO3S2/c1-8(14)11-6-10(13(15)16)12(18-11)17-7-9-4-2-3-5-9/h6,8-9,14H,2-5,7H2,1H3/t8-/m1/s1. The second-order valence-corrected chi connectivity index (χ2v) is 7.09. The number of thiophene rings is 1. The van der Waals surface area contributed by atoms with Gasteiger partial charge < -0.3 is 5.11 Å². The van der Waals surface area contributed by atoms with E-state index in [2.05, 4.69) is 0 Å². The molecule has 1 aliphatic carbocycles. The van der Waals surface area contributed by atoms with Crippen LogP contribution in [0.2, 0.25) is 0 Å². The van der Waals surface area contributed by atoms with Crippen molar-refractivity contribution in [2.24, 2.45) is 5.92 Å². The lowest BCUT2D eigenvalue weighted by atomic mass is 10.1. The number of thioether (sulfide) groups is 1. The van der Waals surface area contributed by atoms with Crippen LogP contribution in [-0.2, 0) is 0 Å². The average molecular weight is 287 g/mol. The average Bonchev–Trinajstić information content (AvgIpc) is 2.95. The summed E-state index contributed by atoms with van der Waals surface area (Å²) >= 11 is 2.93. The predicted octanol–water partition coefficient (Wildman–Crippen LogP) is 3.99. The molecule has 0 saturated heterocycles. The van der Waals surface area contributed by atoms with E-state index in [9.17, 15) is 15.2 Å². The Kier molecular flexibility index (Phi) is 4.64. The molecule has 0 radical (unpaired) electrons. The van der Waals surface area contributed by atoms with Crippen LogP contribution < -0.4 is 0 Å². The van der Waals surface area contributed by atoms with Crippen LogP contribution in [0.25, 0.3) is 0 Å². The van der Waals surface area contributed by atoms with Gasteiger partial charge in [0.2, 0.25) is 0 Å². The van der Waals surface area contributed by atoms with E-state index in [4.69, 9.17) is 0 Å². The van der Waals surface area contributed by atoms with Crippen molar-refractivity contribution in [3.63, 3.8) is 0 Å². The minimum Gasteiger partial charge on any atom is -0.388 e. The molecule has 1 aromatic heterocycles. The number of nitrogens with zero attached hydrogens (tertiary/aromatic N) is 1. The Morgan fingerprint density at radius 2 is 2.28 bits per heavy atom. The summed E-state index contributed by atoms with van der Waals surface area (Å²) in [7, 11) is 0. The molecule has 0 unspecified atom stereocenters. The van der Waals surface area contributed by atoms with Gasteiger partial charge in [0.1, 0.15) is 4.21 Å².